The van der Waals surface area contributed by atoms with E-state index in [0.29, 0.717) is 5.92 Å². The molecule has 0 heterocycles. The van der Waals surface area contributed by atoms with Crippen molar-refractivity contribution in [1.82, 2.24) is 0 Å². The molecular formula is C9H15N3O2. The lowest BCUT2D eigenvalue weighted by Gasteiger charge is -2.21. The summed E-state index contributed by atoms with van der Waals surface area (Å²) in [4.78, 5) is 13.8. The summed E-state index contributed by atoms with van der Waals surface area (Å²) in [5.74, 6) is 1.38. The molecule has 2 amide bonds. The van der Waals surface area contributed by atoms with E-state index in [-0.39, 0.29) is 12.1 Å². The average Bonchev–Trinajstić information content (AvgIpc) is 2.62. The Balaban J connectivity index is 1.89. The number of hydrogen-bond acceptors (Lipinski definition) is 2. The van der Waals surface area contributed by atoms with Gasteiger partial charge in [0.1, 0.15) is 6.10 Å². The van der Waals surface area contributed by atoms with Gasteiger partial charge in [-0.2, -0.15) is 0 Å². The van der Waals surface area contributed by atoms with Gasteiger partial charge in [-0.05, 0) is 37.5 Å². The van der Waals surface area contributed by atoms with Crippen LogP contribution >= 0.6 is 0 Å². The van der Waals surface area contributed by atoms with Crippen molar-refractivity contribution in [2.75, 3.05) is 0 Å². The molecule has 0 aliphatic heterocycles. The maximum Gasteiger partial charge on any atom is 0.342 e. The van der Waals surface area contributed by atoms with E-state index in [2.05, 4.69) is 4.99 Å². The van der Waals surface area contributed by atoms with Crippen molar-refractivity contribution in [2.45, 2.75) is 31.8 Å². The highest BCUT2D eigenvalue weighted by Gasteiger charge is 2.41. The van der Waals surface area contributed by atoms with Gasteiger partial charge in [0.2, 0.25) is 0 Å². The second-order valence-corrected chi connectivity index (χ2v) is 4.12. The zero-order valence-electron chi connectivity index (χ0n) is 7.98. The van der Waals surface area contributed by atoms with Crippen molar-refractivity contribution >= 4 is 12.1 Å². The molecule has 2 rings (SSSR count). The number of nitrogens with zero attached hydrogens (tertiary/aromatic N) is 1. The Morgan fingerprint density at radius 3 is 2.57 bits per heavy atom. The molecule has 2 aliphatic carbocycles. The molecule has 5 heteroatoms. The summed E-state index contributed by atoms with van der Waals surface area (Å²) in [6, 6.07) is -0.888. The molecule has 14 heavy (non-hydrogen) atoms. The van der Waals surface area contributed by atoms with Crippen LogP contribution in [0.15, 0.2) is 4.99 Å². The lowest BCUT2D eigenvalue weighted by atomic mass is 9.98. The number of primary amides is 1. The third-order valence-electron chi connectivity index (χ3n) is 3.17. The van der Waals surface area contributed by atoms with Gasteiger partial charge in [0, 0.05) is 0 Å². The van der Waals surface area contributed by atoms with Crippen molar-refractivity contribution in [1.29, 1.82) is 0 Å². The maximum atomic E-state index is 10.4. The normalized spacial score (nSPS) is 36.0. The predicted octanol–water partition coefficient (Wildman–Crippen LogP) is 0.585. The summed E-state index contributed by atoms with van der Waals surface area (Å²) in [6.45, 7) is 0. The minimum Gasteiger partial charge on any atom is -0.461 e. The standard InChI is InChI=1S/C9H15N3O2/c10-8(13)12-9(11)14-7-4-5-1-2-6(7)3-5/h5-7H,1-4H2,(H4,10,11,12,13). The highest BCUT2D eigenvalue weighted by molar-refractivity contribution is 5.87. The van der Waals surface area contributed by atoms with Gasteiger partial charge in [0.15, 0.2) is 0 Å². The third-order valence-corrected chi connectivity index (χ3v) is 3.17. The number of ether oxygens (including phenoxy) is 1. The Morgan fingerprint density at radius 1 is 1.29 bits per heavy atom. The second-order valence-electron chi connectivity index (χ2n) is 4.12. The minimum absolute atomic E-state index is 0.0879. The van der Waals surface area contributed by atoms with Crippen LogP contribution in [0, 0.1) is 11.8 Å². The number of amidine groups is 1. The van der Waals surface area contributed by atoms with Gasteiger partial charge in [0.25, 0.3) is 6.02 Å². The van der Waals surface area contributed by atoms with Crippen LogP contribution in [0.3, 0.4) is 0 Å². The van der Waals surface area contributed by atoms with Crippen LogP contribution in [0.4, 0.5) is 4.79 Å². The molecule has 0 aromatic carbocycles. The molecule has 3 atom stereocenters. The fourth-order valence-electron chi connectivity index (χ4n) is 2.62. The molecule has 0 spiro atoms. The van der Waals surface area contributed by atoms with E-state index in [1.807, 2.05) is 0 Å². The predicted molar refractivity (Wildman–Crippen MR) is 51.5 cm³/mol. The maximum absolute atomic E-state index is 10.4. The highest BCUT2D eigenvalue weighted by Crippen LogP contribution is 2.45. The number of amides is 2. The number of rotatable bonds is 1. The number of carbonyl (C=O) groups excluding carboxylic acids is 1. The van der Waals surface area contributed by atoms with Crippen LogP contribution in [-0.4, -0.2) is 18.2 Å². The quantitative estimate of drug-likeness (QED) is 0.476. The van der Waals surface area contributed by atoms with E-state index in [1.165, 1.54) is 19.3 Å². The third kappa shape index (κ3) is 1.81. The monoisotopic (exact) mass is 197 g/mol. The minimum atomic E-state index is -0.800. The molecular weight excluding hydrogens is 182 g/mol. The first-order chi connectivity index (χ1) is 6.65. The lowest BCUT2D eigenvalue weighted by Crippen LogP contribution is -2.29. The summed E-state index contributed by atoms with van der Waals surface area (Å²) >= 11 is 0. The van der Waals surface area contributed by atoms with E-state index in [9.17, 15) is 4.79 Å². The van der Waals surface area contributed by atoms with Gasteiger partial charge >= 0.3 is 6.03 Å². The van der Waals surface area contributed by atoms with E-state index in [0.717, 1.165) is 12.3 Å². The number of urea groups is 1. The molecule has 3 unspecified atom stereocenters. The number of fused-ring (bicyclic) bond motifs is 2. The Morgan fingerprint density at radius 2 is 2.07 bits per heavy atom. The highest BCUT2D eigenvalue weighted by atomic mass is 16.5. The average molecular weight is 197 g/mol. The second kappa shape index (κ2) is 3.48. The molecule has 2 saturated carbocycles. The van der Waals surface area contributed by atoms with Crippen molar-refractivity contribution in [2.24, 2.45) is 28.3 Å². The number of hydrogen-bond donors (Lipinski definition) is 2. The van der Waals surface area contributed by atoms with Crippen LogP contribution in [0.1, 0.15) is 25.7 Å². The van der Waals surface area contributed by atoms with Crippen LogP contribution in [-0.2, 0) is 4.74 Å². The molecule has 0 aromatic rings. The number of nitrogens with two attached hydrogens (primary N) is 2. The van der Waals surface area contributed by atoms with Crippen LogP contribution in [0.25, 0.3) is 0 Å². The molecule has 78 valence electrons. The zero-order chi connectivity index (χ0) is 10.1. The van der Waals surface area contributed by atoms with Gasteiger partial charge in [-0.15, -0.1) is 4.99 Å². The van der Waals surface area contributed by atoms with Gasteiger partial charge in [0.05, 0.1) is 0 Å². The van der Waals surface area contributed by atoms with E-state index in [1.54, 1.807) is 0 Å². The van der Waals surface area contributed by atoms with E-state index >= 15 is 0 Å². The molecule has 2 aliphatic rings. The first-order valence-electron chi connectivity index (χ1n) is 4.95. The van der Waals surface area contributed by atoms with Crippen molar-refractivity contribution in [3.63, 3.8) is 0 Å². The van der Waals surface area contributed by atoms with Crippen molar-refractivity contribution in [3.8, 4) is 0 Å². The molecule has 0 radical (unpaired) electrons. The Labute approximate surface area is 82.5 Å². The molecule has 2 bridgehead atoms. The SMILES string of the molecule is NC(=O)N=C(N)OC1CC2CCC1C2. The van der Waals surface area contributed by atoms with Crippen molar-refractivity contribution < 1.29 is 9.53 Å². The fraction of sp³-hybridized carbons (Fsp3) is 0.778. The molecule has 0 aromatic heterocycles. The lowest BCUT2D eigenvalue weighted by molar-refractivity contribution is 0.124. The topological polar surface area (TPSA) is 90.7 Å². The Kier molecular flexibility index (Phi) is 2.31. The largest absolute Gasteiger partial charge is 0.461 e. The first kappa shape index (κ1) is 9.30. The Hall–Kier alpha value is -1.26. The number of aliphatic imine (C=N–C) groups is 1. The Bertz CT molecular complexity index is 277. The van der Waals surface area contributed by atoms with Crippen LogP contribution in [0.2, 0.25) is 0 Å². The molecule has 2 fully saturated rings. The number of carbonyl (C=O) groups is 1. The van der Waals surface area contributed by atoms with Crippen LogP contribution in [0.5, 0.6) is 0 Å². The fourth-order valence-corrected chi connectivity index (χ4v) is 2.62. The zero-order valence-corrected chi connectivity index (χ0v) is 7.98. The molecule has 5 nitrogen and oxygen atoms in total. The van der Waals surface area contributed by atoms with E-state index in [4.69, 9.17) is 16.2 Å². The summed E-state index contributed by atoms with van der Waals surface area (Å²) < 4.78 is 5.38. The molecule has 0 saturated heterocycles. The summed E-state index contributed by atoms with van der Waals surface area (Å²) in [5.41, 5.74) is 10.3. The van der Waals surface area contributed by atoms with E-state index < -0.39 is 6.03 Å². The van der Waals surface area contributed by atoms with Crippen molar-refractivity contribution in [3.05, 3.63) is 0 Å². The summed E-state index contributed by atoms with van der Waals surface area (Å²) in [7, 11) is 0. The van der Waals surface area contributed by atoms with Gasteiger partial charge in [-0.25, -0.2) is 4.79 Å². The summed E-state index contributed by atoms with van der Waals surface area (Å²) in [5, 5.41) is 0. The smallest absolute Gasteiger partial charge is 0.342 e. The van der Waals surface area contributed by atoms with Crippen LogP contribution < -0.4 is 11.5 Å². The van der Waals surface area contributed by atoms with Gasteiger partial charge in [-0.1, -0.05) is 0 Å². The first-order valence-corrected chi connectivity index (χ1v) is 4.95. The van der Waals surface area contributed by atoms with Gasteiger partial charge < -0.3 is 16.2 Å². The summed E-state index contributed by atoms with van der Waals surface area (Å²) in [6.07, 6.45) is 4.93. The van der Waals surface area contributed by atoms with Gasteiger partial charge in [-0.3, -0.25) is 0 Å². The molecule has 4 N–H and O–H groups in total.